The number of Topliss-reactive ketones (excluding diaryl/α,β-unsaturated/α-hetero) is 1. The zero-order valence-corrected chi connectivity index (χ0v) is 15.5. The second-order valence-corrected chi connectivity index (χ2v) is 7.50. The van der Waals surface area contributed by atoms with E-state index < -0.39 is 47.2 Å². The Morgan fingerprint density at radius 3 is 2.57 bits per heavy atom. The Balaban J connectivity index is 1.75. The van der Waals surface area contributed by atoms with Gasteiger partial charge in [0, 0.05) is 11.8 Å². The lowest BCUT2D eigenvalue weighted by molar-refractivity contribution is -0.182. The molecule has 0 bridgehead atoms. The fraction of sp³-hybridized carbons (Fsp3) is 0.429. The fourth-order valence-corrected chi connectivity index (χ4v) is 4.97. The van der Waals surface area contributed by atoms with Crippen LogP contribution in [0.4, 0.5) is 0 Å². The van der Waals surface area contributed by atoms with E-state index in [4.69, 9.17) is 14.2 Å². The van der Waals surface area contributed by atoms with Crippen molar-refractivity contribution in [2.75, 3.05) is 13.7 Å². The molecule has 1 aromatic carbocycles. The van der Waals surface area contributed by atoms with E-state index in [0.717, 1.165) is 0 Å². The van der Waals surface area contributed by atoms with Gasteiger partial charge >= 0.3 is 17.9 Å². The summed E-state index contributed by atoms with van der Waals surface area (Å²) in [4.78, 5) is 50.4. The van der Waals surface area contributed by atoms with E-state index in [-0.39, 0.29) is 24.4 Å². The lowest BCUT2D eigenvalue weighted by atomic mass is 9.67. The normalized spacial score (nSPS) is 33.4. The quantitative estimate of drug-likeness (QED) is 0.578. The number of rotatable bonds is 3. The minimum Gasteiger partial charge on any atom is -0.469 e. The molecule has 28 heavy (non-hydrogen) atoms. The van der Waals surface area contributed by atoms with Gasteiger partial charge in [0.1, 0.15) is 0 Å². The molecule has 7 nitrogen and oxygen atoms in total. The van der Waals surface area contributed by atoms with Crippen LogP contribution in [0.5, 0.6) is 0 Å². The van der Waals surface area contributed by atoms with Gasteiger partial charge in [-0.05, 0) is 31.1 Å². The van der Waals surface area contributed by atoms with Crippen molar-refractivity contribution in [2.24, 2.45) is 23.2 Å². The van der Waals surface area contributed by atoms with E-state index in [1.807, 2.05) is 0 Å². The van der Waals surface area contributed by atoms with E-state index in [9.17, 15) is 19.2 Å². The number of carbonyl (C=O) groups is 4. The predicted octanol–water partition coefficient (Wildman–Crippen LogP) is 1.71. The minimum atomic E-state index is -1.29. The third-order valence-electron chi connectivity index (χ3n) is 6.20. The molecule has 2 fully saturated rings. The maximum absolute atomic E-state index is 12.8. The molecule has 2 aliphatic carbocycles. The number of esters is 3. The third kappa shape index (κ3) is 2.49. The van der Waals surface area contributed by atoms with Crippen molar-refractivity contribution in [1.29, 1.82) is 0 Å². The SMILES string of the molecule is COC(=O)[C@@H]1C[C@@H]2C(=O)C(C)=C[C@@]23[C@H](OC(=O)c2ccccc2)C(=O)OC[C@@H]13. The van der Waals surface area contributed by atoms with Gasteiger partial charge in [-0.1, -0.05) is 24.3 Å². The standard InChI is InChI=1S/C21H20O7/c1-11-9-21-14(16(11)22)8-13(19(24)26-2)15(21)10-27-20(25)17(21)28-18(23)12-6-4-3-5-7-12/h3-7,9,13-15,17H,8,10H2,1-2H3/t13-,14-,15+,17-,21-/m1/s1. The van der Waals surface area contributed by atoms with E-state index in [1.54, 1.807) is 43.3 Å². The second kappa shape index (κ2) is 6.58. The molecule has 1 saturated carbocycles. The summed E-state index contributed by atoms with van der Waals surface area (Å²) in [7, 11) is 1.29. The lowest BCUT2D eigenvalue weighted by Crippen LogP contribution is -2.55. The summed E-state index contributed by atoms with van der Waals surface area (Å²) in [6.07, 6.45) is 0.650. The van der Waals surface area contributed by atoms with E-state index >= 15 is 0 Å². The van der Waals surface area contributed by atoms with Crippen LogP contribution < -0.4 is 0 Å². The number of methoxy groups -OCH3 is 1. The predicted molar refractivity (Wildman–Crippen MR) is 94.9 cm³/mol. The largest absolute Gasteiger partial charge is 0.469 e. The van der Waals surface area contributed by atoms with Crippen LogP contribution in [0.2, 0.25) is 0 Å². The first-order valence-corrected chi connectivity index (χ1v) is 9.14. The first-order chi connectivity index (χ1) is 13.4. The van der Waals surface area contributed by atoms with Crippen molar-refractivity contribution in [1.82, 2.24) is 0 Å². The smallest absolute Gasteiger partial charge is 0.348 e. The molecule has 1 aliphatic heterocycles. The number of cyclic esters (lactones) is 1. The molecule has 1 aromatic rings. The Hall–Kier alpha value is -2.96. The Morgan fingerprint density at radius 1 is 1.18 bits per heavy atom. The van der Waals surface area contributed by atoms with Gasteiger partial charge in [-0.3, -0.25) is 9.59 Å². The van der Waals surface area contributed by atoms with Crippen molar-refractivity contribution in [3.05, 3.63) is 47.5 Å². The fourth-order valence-electron chi connectivity index (χ4n) is 4.97. The van der Waals surface area contributed by atoms with Crippen LogP contribution >= 0.6 is 0 Å². The minimum absolute atomic E-state index is 0.0223. The number of allylic oxidation sites excluding steroid dienone is 1. The average Bonchev–Trinajstić information content (AvgIpc) is 3.15. The average molecular weight is 384 g/mol. The van der Waals surface area contributed by atoms with Crippen molar-refractivity contribution < 1.29 is 33.4 Å². The maximum atomic E-state index is 12.8. The van der Waals surface area contributed by atoms with Crippen LogP contribution in [0, 0.1) is 23.2 Å². The molecule has 146 valence electrons. The van der Waals surface area contributed by atoms with E-state index in [0.29, 0.717) is 5.57 Å². The highest BCUT2D eigenvalue weighted by Gasteiger charge is 2.69. The summed E-state index contributed by atoms with van der Waals surface area (Å²) in [5, 5.41) is 0. The molecular formula is C21H20O7. The van der Waals surface area contributed by atoms with Crippen LogP contribution in [0.25, 0.3) is 0 Å². The first-order valence-electron chi connectivity index (χ1n) is 9.14. The van der Waals surface area contributed by atoms with Gasteiger partial charge in [-0.2, -0.15) is 0 Å². The van der Waals surface area contributed by atoms with Gasteiger partial charge in [0.25, 0.3) is 0 Å². The van der Waals surface area contributed by atoms with Crippen LogP contribution in [0.1, 0.15) is 23.7 Å². The molecule has 3 aliphatic rings. The zero-order valence-electron chi connectivity index (χ0n) is 15.5. The number of ketones is 1. The van der Waals surface area contributed by atoms with Gasteiger partial charge in [0.05, 0.1) is 30.6 Å². The summed E-state index contributed by atoms with van der Waals surface area (Å²) in [5.74, 6) is -3.68. The Bertz CT molecular complexity index is 887. The van der Waals surface area contributed by atoms with Gasteiger partial charge < -0.3 is 14.2 Å². The van der Waals surface area contributed by atoms with Crippen LogP contribution in [-0.4, -0.2) is 43.5 Å². The molecule has 0 amide bonds. The molecule has 1 spiro atoms. The Morgan fingerprint density at radius 2 is 1.89 bits per heavy atom. The zero-order chi connectivity index (χ0) is 20.1. The van der Waals surface area contributed by atoms with Gasteiger partial charge in [0.15, 0.2) is 5.78 Å². The van der Waals surface area contributed by atoms with Gasteiger partial charge in [-0.15, -0.1) is 0 Å². The van der Waals surface area contributed by atoms with Crippen molar-refractivity contribution >= 4 is 23.7 Å². The highest BCUT2D eigenvalue weighted by Crippen LogP contribution is 2.61. The molecule has 1 saturated heterocycles. The molecule has 0 unspecified atom stereocenters. The lowest BCUT2D eigenvalue weighted by Gasteiger charge is -2.42. The number of ether oxygens (including phenoxy) is 3. The number of hydrogen-bond acceptors (Lipinski definition) is 7. The molecule has 7 heteroatoms. The first kappa shape index (κ1) is 18.4. The summed E-state index contributed by atoms with van der Waals surface area (Å²) in [5.41, 5.74) is -0.286. The second-order valence-electron chi connectivity index (χ2n) is 7.50. The molecule has 5 atom stereocenters. The summed E-state index contributed by atoms with van der Waals surface area (Å²) in [6, 6.07) is 8.29. The van der Waals surface area contributed by atoms with Gasteiger partial charge in [-0.25, -0.2) is 9.59 Å². The van der Waals surface area contributed by atoms with Crippen LogP contribution in [0.15, 0.2) is 42.0 Å². The van der Waals surface area contributed by atoms with E-state index in [2.05, 4.69) is 0 Å². The monoisotopic (exact) mass is 384 g/mol. The van der Waals surface area contributed by atoms with Crippen LogP contribution in [0.3, 0.4) is 0 Å². The summed E-state index contributed by atoms with van der Waals surface area (Å²) in [6.45, 7) is 1.65. The summed E-state index contributed by atoms with van der Waals surface area (Å²) >= 11 is 0. The van der Waals surface area contributed by atoms with Crippen LogP contribution in [-0.2, 0) is 28.6 Å². The van der Waals surface area contributed by atoms with Crippen molar-refractivity contribution in [2.45, 2.75) is 19.4 Å². The molecule has 1 heterocycles. The highest BCUT2D eigenvalue weighted by atomic mass is 16.6. The molecular weight excluding hydrogens is 364 g/mol. The Labute approximate surface area is 161 Å². The topological polar surface area (TPSA) is 96.0 Å². The molecule has 0 radical (unpaired) electrons. The molecule has 4 rings (SSSR count). The van der Waals surface area contributed by atoms with Gasteiger partial charge in [0.2, 0.25) is 6.10 Å². The number of hydrogen-bond donors (Lipinski definition) is 0. The Kier molecular flexibility index (Phi) is 4.33. The van der Waals surface area contributed by atoms with Crippen molar-refractivity contribution in [3.63, 3.8) is 0 Å². The number of benzene rings is 1. The third-order valence-corrected chi connectivity index (χ3v) is 6.20. The van der Waals surface area contributed by atoms with E-state index in [1.165, 1.54) is 7.11 Å². The number of carbonyl (C=O) groups excluding carboxylic acids is 4. The molecule has 0 aromatic heterocycles. The summed E-state index contributed by atoms with van der Waals surface area (Å²) < 4.78 is 15.8. The van der Waals surface area contributed by atoms with Crippen molar-refractivity contribution in [3.8, 4) is 0 Å². The molecule has 0 N–H and O–H groups in total. The highest BCUT2D eigenvalue weighted by molar-refractivity contribution is 6.03. The maximum Gasteiger partial charge on any atom is 0.348 e.